The van der Waals surface area contributed by atoms with Crippen LogP contribution in [0.4, 0.5) is 4.39 Å². The third-order valence-electron chi connectivity index (χ3n) is 5.48. The molecule has 2 N–H and O–H groups in total. The third-order valence-corrected chi connectivity index (χ3v) is 5.48. The molecule has 34 heavy (non-hydrogen) atoms. The maximum absolute atomic E-state index is 13.5. The van der Waals surface area contributed by atoms with Gasteiger partial charge in [-0.05, 0) is 43.0 Å². The fraction of sp³-hybridized carbons (Fsp3) is 0.522. The average Bonchev–Trinajstić information content (AvgIpc) is 3.40. The Morgan fingerprint density at radius 1 is 1.15 bits per heavy atom. The van der Waals surface area contributed by atoms with Crippen molar-refractivity contribution in [3.63, 3.8) is 0 Å². The first-order chi connectivity index (χ1) is 15.7. The van der Waals surface area contributed by atoms with Gasteiger partial charge in [-0.2, -0.15) is 5.10 Å². The zero-order valence-electron chi connectivity index (χ0n) is 19.7. The summed E-state index contributed by atoms with van der Waals surface area (Å²) in [7, 11) is 0. The third kappa shape index (κ3) is 7.02. The van der Waals surface area contributed by atoms with Crippen molar-refractivity contribution in [1.29, 1.82) is 0 Å². The summed E-state index contributed by atoms with van der Waals surface area (Å²) >= 11 is 0. The van der Waals surface area contributed by atoms with Crippen molar-refractivity contribution in [1.82, 2.24) is 14.7 Å². The summed E-state index contributed by atoms with van der Waals surface area (Å²) in [6, 6.07) is 5.54. The fourth-order valence-electron chi connectivity index (χ4n) is 3.89. The van der Waals surface area contributed by atoms with Gasteiger partial charge in [-0.25, -0.2) is 9.07 Å². The molecule has 180 valence electrons. The number of amides is 1. The summed E-state index contributed by atoms with van der Waals surface area (Å²) in [6.45, 7) is 4.80. The first-order valence-corrected chi connectivity index (χ1v) is 11.0. The van der Waals surface area contributed by atoms with Crippen LogP contribution in [0.15, 0.2) is 24.3 Å². The predicted molar refractivity (Wildman–Crippen MR) is 114 cm³/mol. The number of nitrogens with zero attached hydrogens (tertiary/aromatic N) is 3. The van der Waals surface area contributed by atoms with E-state index < -0.39 is 30.4 Å². The molecule has 0 spiro atoms. The van der Waals surface area contributed by atoms with E-state index in [1.807, 2.05) is 13.8 Å². The number of hydrogen-bond donors (Lipinski definition) is 2. The number of aliphatic hydroxyl groups excluding tert-OH is 2. The van der Waals surface area contributed by atoms with Crippen LogP contribution in [0.25, 0.3) is 5.69 Å². The first-order valence-electron chi connectivity index (χ1n) is 11.0. The smallest absolute Gasteiger partial charge is 0.550 e. The largest absolute Gasteiger partial charge is 1.00 e. The Labute approximate surface area is 219 Å². The molecular formula is C23H29FN3NaO6. The molecule has 2 unspecified atom stereocenters. The molecule has 0 saturated carbocycles. The quantitative estimate of drug-likeness (QED) is 0.373. The molecule has 2 aromatic rings. The minimum absolute atomic E-state index is 0. The van der Waals surface area contributed by atoms with E-state index in [0.29, 0.717) is 24.3 Å². The van der Waals surface area contributed by atoms with Crippen molar-refractivity contribution >= 4 is 11.9 Å². The molecule has 3 rings (SSSR count). The number of likely N-dealkylation sites (tertiary alicyclic amines) is 1. The van der Waals surface area contributed by atoms with Gasteiger partial charge in [-0.1, -0.05) is 13.8 Å². The Hall–Kier alpha value is -1.98. The molecule has 1 aliphatic rings. The molecule has 2 atom stereocenters. The number of benzene rings is 1. The molecule has 2 heterocycles. The van der Waals surface area contributed by atoms with Gasteiger partial charge in [-0.15, -0.1) is 0 Å². The second kappa shape index (κ2) is 12.6. The zero-order chi connectivity index (χ0) is 24.1. The maximum atomic E-state index is 13.5. The minimum atomic E-state index is -1.42. The molecule has 11 heteroatoms. The van der Waals surface area contributed by atoms with Crippen LogP contribution >= 0.6 is 0 Å². The van der Waals surface area contributed by atoms with Crippen molar-refractivity contribution in [2.75, 3.05) is 19.7 Å². The number of carboxylic acid groups (broad SMARTS) is 1. The van der Waals surface area contributed by atoms with Crippen LogP contribution in [0.1, 0.15) is 61.5 Å². The number of carboxylic acids is 1. The van der Waals surface area contributed by atoms with E-state index in [9.17, 15) is 29.3 Å². The molecular weight excluding hydrogens is 456 g/mol. The molecule has 1 amide bonds. The molecule has 0 bridgehead atoms. The summed E-state index contributed by atoms with van der Waals surface area (Å²) in [5.74, 6) is -1.99. The molecule has 0 radical (unpaired) electrons. The number of aliphatic carboxylic acids is 1. The number of aromatic nitrogens is 2. The second-order valence-corrected chi connectivity index (χ2v) is 8.54. The SMILES string of the molecule is CC(C)c1c(C(=O)N2CCCC2)nn(-c2ccc(F)cc2)c1OCC(O)CC(O)CC(=O)[O-].[Na+]. The minimum Gasteiger partial charge on any atom is -0.550 e. The fourth-order valence-corrected chi connectivity index (χ4v) is 3.89. The summed E-state index contributed by atoms with van der Waals surface area (Å²) < 4.78 is 20.8. The van der Waals surface area contributed by atoms with Crippen LogP contribution in [0.3, 0.4) is 0 Å². The number of carbonyl (C=O) groups excluding carboxylic acids is 2. The Morgan fingerprint density at radius 3 is 2.32 bits per heavy atom. The van der Waals surface area contributed by atoms with Gasteiger partial charge in [0.15, 0.2) is 5.69 Å². The van der Waals surface area contributed by atoms with Crippen molar-refractivity contribution in [3.8, 4) is 11.6 Å². The number of hydrogen-bond acceptors (Lipinski definition) is 7. The van der Waals surface area contributed by atoms with Gasteiger partial charge in [0.25, 0.3) is 5.91 Å². The normalized spacial score (nSPS) is 15.2. The van der Waals surface area contributed by atoms with Gasteiger partial charge < -0.3 is 29.8 Å². The van der Waals surface area contributed by atoms with Gasteiger partial charge in [0.05, 0.1) is 17.9 Å². The van der Waals surface area contributed by atoms with E-state index in [1.54, 1.807) is 4.90 Å². The van der Waals surface area contributed by atoms with Crippen molar-refractivity contribution in [2.24, 2.45) is 0 Å². The van der Waals surface area contributed by atoms with Gasteiger partial charge >= 0.3 is 29.6 Å². The standard InChI is InChI=1S/C23H30FN3O6.Na/c1-14(2)20-21(22(32)26-9-3-4-10-26)25-27(16-7-5-15(24)6-8-16)23(20)33-13-18(29)11-17(28)12-19(30)31;/h5-8,14,17-18,28-29H,3-4,9-13H2,1-2H3,(H,30,31);/q;+1/p-1. The maximum Gasteiger partial charge on any atom is 1.00 e. The van der Waals surface area contributed by atoms with E-state index in [0.717, 1.165) is 12.8 Å². The number of rotatable bonds is 10. The Bertz CT molecular complexity index is 976. The van der Waals surface area contributed by atoms with E-state index in [2.05, 4.69) is 5.10 Å². The number of carbonyl (C=O) groups is 2. The molecule has 1 aliphatic heterocycles. The molecule has 1 fully saturated rings. The summed E-state index contributed by atoms with van der Waals surface area (Å²) in [5.41, 5.74) is 1.26. The Kier molecular flexibility index (Phi) is 10.5. The van der Waals surface area contributed by atoms with Crippen molar-refractivity contribution in [3.05, 3.63) is 41.3 Å². The van der Waals surface area contributed by atoms with Gasteiger partial charge in [0, 0.05) is 37.5 Å². The predicted octanol–water partition coefficient (Wildman–Crippen LogP) is -1.99. The van der Waals surface area contributed by atoms with Crippen LogP contribution in [0, 0.1) is 5.82 Å². The number of ether oxygens (including phenoxy) is 1. The van der Waals surface area contributed by atoms with Crippen LogP contribution in [-0.4, -0.2) is 68.7 Å². The van der Waals surface area contributed by atoms with Crippen LogP contribution in [0.5, 0.6) is 5.88 Å². The Morgan fingerprint density at radius 2 is 1.76 bits per heavy atom. The first kappa shape index (κ1) is 28.3. The number of aliphatic hydroxyl groups is 2. The van der Waals surface area contributed by atoms with Gasteiger partial charge in [0.1, 0.15) is 12.4 Å². The Balaban J connectivity index is 0.00000408. The van der Waals surface area contributed by atoms with E-state index in [1.165, 1.54) is 28.9 Å². The van der Waals surface area contributed by atoms with Crippen LogP contribution in [0.2, 0.25) is 0 Å². The molecule has 0 aliphatic carbocycles. The van der Waals surface area contributed by atoms with Crippen molar-refractivity contribution in [2.45, 2.75) is 57.7 Å². The topological polar surface area (TPSA) is 128 Å². The van der Waals surface area contributed by atoms with E-state index >= 15 is 0 Å². The van der Waals surface area contributed by atoms with Crippen molar-refractivity contribution < 1.29 is 63.6 Å². The average molecular weight is 485 g/mol. The second-order valence-electron chi connectivity index (χ2n) is 8.54. The van der Waals surface area contributed by atoms with Gasteiger partial charge in [0.2, 0.25) is 5.88 Å². The summed E-state index contributed by atoms with van der Waals surface area (Å²) in [6.07, 6.45) is -1.44. The summed E-state index contributed by atoms with van der Waals surface area (Å²) in [5, 5.41) is 35.2. The van der Waals surface area contributed by atoms with Crippen LogP contribution in [-0.2, 0) is 4.79 Å². The molecule has 1 aromatic heterocycles. The van der Waals surface area contributed by atoms with Crippen LogP contribution < -0.4 is 39.4 Å². The molecule has 9 nitrogen and oxygen atoms in total. The monoisotopic (exact) mass is 485 g/mol. The summed E-state index contributed by atoms with van der Waals surface area (Å²) in [4.78, 5) is 25.6. The van der Waals surface area contributed by atoms with Gasteiger partial charge in [-0.3, -0.25) is 4.79 Å². The number of halogens is 1. The zero-order valence-corrected chi connectivity index (χ0v) is 21.7. The van der Waals surface area contributed by atoms with E-state index in [-0.39, 0.29) is 66.0 Å². The molecule has 1 saturated heterocycles. The van der Waals surface area contributed by atoms with E-state index in [4.69, 9.17) is 4.74 Å². The molecule has 1 aromatic carbocycles.